The number of aryl methyl sites for hydroxylation is 2. The van der Waals surface area contributed by atoms with Gasteiger partial charge in [-0.05, 0) is 24.0 Å². The van der Waals surface area contributed by atoms with E-state index in [1.807, 2.05) is 0 Å². The van der Waals surface area contributed by atoms with Gasteiger partial charge in [0, 0.05) is 0 Å². The van der Waals surface area contributed by atoms with E-state index in [0.29, 0.717) is 13.2 Å². The molecule has 0 spiro atoms. The fraction of sp³-hybridized carbons (Fsp3) is 0.462. The van der Waals surface area contributed by atoms with Crippen LogP contribution in [-0.2, 0) is 17.6 Å². The molecule has 0 N–H and O–H groups in total. The molecule has 1 amide bonds. The number of ether oxygens (including phenoxy) is 1. The van der Waals surface area contributed by atoms with Gasteiger partial charge in [-0.15, -0.1) is 0 Å². The third-order valence-corrected chi connectivity index (χ3v) is 3.00. The van der Waals surface area contributed by atoms with Gasteiger partial charge in [-0.1, -0.05) is 32.0 Å². The van der Waals surface area contributed by atoms with Crippen LogP contribution in [0.2, 0.25) is 0 Å². The summed E-state index contributed by atoms with van der Waals surface area (Å²) in [6.07, 6.45) is 1.66. The molecule has 0 saturated carbocycles. The van der Waals surface area contributed by atoms with Gasteiger partial charge in [-0.2, -0.15) is 0 Å². The third kappa shape index (κ3) is 1.77. The molecule has 1 aliphatic heterocycles. The Kier molecular flexibility index (Phi) is 3.13. The number of anilines is 1. The number of hydrogen-bond donors (Lipinski definition) is 0. The molecule has 1 aromatic carbocycles. The number of amides is 1. The van der Waals surface area contributed by atoms with Crippen LogP contribution in [-0.4, -0.2) is 19.2 Å². The minimum Gasteiger partial charge on any atom is -0.447 e. The zero-order valence-corrected chi connectivity index (χ0v) is 9.82. The highest BCUT2D eigenvalue weighted by molar-refractivity contribution is 5.91. The fourth-order valence-corrected chi connectivity index (χ4v) is 2.16. The molecular weight excluding hydrogens is 202 g/mol. The molecule has 1 fully saturated rings. The number of para-hydroxylation sites is 1. The summed E-state index contributed by atoms with van der Waals surface area (Å²) in [5.41, 5.74) is 3.51. The lowest BCUT2D eigenvalue weighted by molar-refractivity contribution is 0.181. The second-order valence-electron chi connectivity index (χ2n) is 3.90. The SMILES string of the molecule is CCc1cccc(CC)c1N1CCOC1=O. The van der Waals surface area contributed by atoms with Crippen LogP contribution < -0.4 is 4.90 Å². The number of cyclic esters (lactones) is 1. The first-order valence-electron chi connectivity index (χ1n) is 5.83. The van der Waals surface area contributed by atoms with Crippen LogP contribution in [0.1, 0.15) is 25.0 Å². The monoisotopic (exact) mass is 219 g/mol. The van der Waals surface area contributed by atoms with E-state index in [4.69, 9.17) is 4.74 Å². The van der Waals surface area contributed by atoms with Crippen molar-refractivity contribution >= 4 is 11.8 Å². The van der Waals surface area contributed by atoms with Gasteiger partial charge in [0.05, 0.1) is 12.2 Å². The van der Waals surface area contributed by atoms with Crippen LogP contribution in [0, 0.1) is 0 Å². The van der Waals surface area contributed by atoms with Gasteiger partial charge in [-0.25, -0.2) is 4.79 Å². The molecule has 3 nitrogen and oxygen atoms in total. The minimum atomic E-state index is -0.212. The second-order valence-corrected chi connectivity index (χ2v) is 3.90. The average molecular weight is 219 g/mol. The lowest BCUT2D eigenvalue weighted by atomic mass is 10.0. The van der Waals surface area contributed by atoms with Crippen LogP contribution in [0.5, 0.6) is 0 Å². The molecule has 0 unspecified atom stereocenters. The van der Waals surface area contributed by atoms with Crippen molar-refractivity contribution in [2.75, 3.05) is 18.1 Å². The number of benzene rings is 1. The highest BCUT2D eigenvalue weighted by Gasteiger charge is 2.26. The number of rotatable bonds is 3. The highest BCUT2D eigenvalue weighted by atomic mass is 16.6. The molecule has 0 atom stereocenters. The summed E-state index contributed by atoms with van der Waals surface area (Å²) in [6, 6.07) is 6.22. The Bertz CT molecular complexity index is 379. The first kappa shape index (κ1) is 11.0. The normalized spacial score (nSPS) is 15.4. The Labute approximate surface area is 96.0 Å². The van der Waals surface area contributed by atoms with Gasteiger partial charge in [0.2, 0.25) is 0 Å². The smallest absolute Gasteiger partial charge is 0.414 e. The molecule has 0 bridgehead atoms. The maximum absolute atomic E-state index is 11.6. The first-order valence-corrected chi connectivity index (χ1v) is 5.83. The quantitative estimate of drug-likeness (QED) is 0.782. The highest BCUT2D eigenvalue weighted by Crippen LogP contribution is 2.29. The van der Waals surface area contributed by atoms with Gasteiger partial charge in [0.1, 0.15) is 6.61 Å². The largest absolute Gasteiger partial charge is 0.447 e. The van der Waals surface area contributed by atoms with E-state index in [1.54, 1.807) is 4.90 Å². The fourth-order valence-electron chi connectivity index (χ4n) is 2.16. The van der Waals surface area contributed by atoms with Crippen molar-refractivity contribution in [3.8, 4) is 0 Å². The Morgan fingerprint density at radius 3 is 2.31 bits per heavy atom. The van der Waals surface area contributed by atoms with E-state index in [1.165, 1.54) is 11.1 Å². The molecule has 16 heavy (non-hydrogen) atoms. The van der Waals surface area contributed by atoms with Gasteiger partial charge < -0.3 is 4.74 Å². The van der Waals surface area contributed by atoms with Crippen molar-refractivity contribution in [2.24, 2.45) is 0 Å². The molecule has 1 aromatic rings. The summed E-state index contributed by atoms with van der Waals surface area (Å²) in [4.78, 5) is 13.4. The Morgan fingerprint density at radius 2 is 1.88 bits per heavy atom. The van der Waals surface area contributed by atoms with Crippen LogP contribution in [0.3, 0.4) is 0 Å². The second kappa shape index (κ2) is 4.56. The molecule has 0 aromatic heterocycles. The summed E-state index contributed by atoms with van der Waals surface area (Å²) < 4.78 is 5.01. The molecule has 0 aliphatic carbocycles. The zero-order valence-electron chi connectivity index (χ0n) is 9.82. The third-order valence-electron chi connectivity index (χ3n) is 3.00. The van der Waals surface area contributed by atoms with Crippen molar-refractivity contribution in [1.82, 2.24) is 0 Å². The number of carbonyl (C=O) groups is 1. The minimum absolute atomic E-state index is 0.212. The van der Waals surface area contributed by atoms with Crippen molar-refractivity contribution in [1.29, 1.82) is 0 Å². The van der Waals surface area contributed by atoms with Crippen molar-refractivity contribution < 1.29 is 9.53 Å². The number of nitrogens with zero attached hydrogens (tertiary/aromatic N) is 1. The predicted octanol–water partition coefficient (Wildman–Crippen LogP) is 2.77. The van der Waals surface area contributed by atoms with Gasteiger partial charge >= 0.3 is 6.09 Å². The molecular formula is C13H17NO2. The molecule has 86 valence electrons. The Morgan fingerprint density at radius 1 is 1.25 bits per heavy atom. The van der Waals surface area contributed by atoms with E-state index in [-0.39, 0.29) is 6.09 Å². The Hall–Kier alpha value is -1.51. The first-order chi connectivity index (χ1) is 7.77. The maximum atomic E-state index is 11.6. The van der Waals surface area contributed by atoms with Gasteiger partial charge in [0.25, 0.3) is 0 Å². The van der Waals surface area contributed by atoms with E-state index < -0.39 is 0 Å². The van der Waals surface area contributed by atoms with E-state index in [0.717, 1.165) is 18.5 Å². The zero-order chi connectivity index (χ0) is 11.5. The summed E-state index contributed by atoms with van der Waals surface area (Å²) >= 11 is 0. The van der Waals surface area contributed by atoms with Crippen LogP contribution in [0.25, 0.3) is 0 Å². The maximum Gasteiger partial charge on any atom is 0.414 e. The molecule has 1 aliphatic rings. The molecule has 3 heteroatoms. The average Bonchev–Trinajstić information content (AvgIpc) is 2.74. The van der Waals surface area contributed by atoms with E-state index in [9.17, 15) is 4.79 Å². The molecule has 2 rings (SSSR count). The lowest BCUT2D eigenvalue weighted by Crippen LogP contribution is -2.25. The van der Waals surface area contributed by atoms with Gasteiger partial charge in [-0.3, -0.25) is 4.90 Å². The summed E-state index contributed by atoms with van der Waals surface area (Å²) in [5, 5.41) is 0. The summed E-state index contributed by atoms with van der Waals surface area (Å²) in [7, 11) is 0. The van der Waals surface area contributed by atoms with E-state index >= 15 is 0 Å². The predicted molar refractivity (Wildman–Crippen MR) is 63.9 cm³/mol. The summed E-state index contributed by atoms with van der Waals surface area (Å²) in [5.74, 6) is 0. The van der Waals surface area contributed by atoms with Crippen LogP contribution >= 0.6 is 0 Å². The van der Waals surface area contributed by atoms with E-state index in [2.05, 4.69) is 32.0 Å². The Balaban J connectivity index is 2.47. The van der Waals surface area contributed by atoms with Crippen LogP contribution in [0.15, 0.2) is 18.2 Å². The van der Waals surface area contributed by atoms with Gasteiger partial charge in [0.15, 0.2) is 0 Å². The molecule has 1 heterocycles. The van der Waals surface area contributed by atoms with Crippen molar-refractivity contribution in [3.05, 3.63) is 29.3 Å². The number of hydrogen-bond acceptors (Lipinski definition) is 2. The van der Waals surface area contributed by atoms with Crippen LogP contribution in [0.4, 0.5) is 10.5 Å². The van der Waals surface area contributed by atoms with Crippen molar-refractivity contribution in [3.63, 3.8) is 0 Å². The summed E-state index contributed by atoms with van der Waals surface area (Å²) in [6.45, 7) is 5.39. The molecule has 1 saturated heterocycles. The number of carbonyl (C=O) groups excluding carboxylic acids is 1. The van der Waals surface area contributed by atoms with Crippen molar-refractivity contribution in [2.45, 2.75) is 26.7 Å². The lowest BCUT2D eigenvalue weighted by Gasteiger charge is -2.20. The molecule has 0 radical (unpaired) electrons. The topological polar surface area (TPSA) is 29.5 Å². The standard InChI is InChI=1S/C13H17NO2/c1-3-10-6-5-7-11(4-2)12(10)14-8-9-16-13(14)15/h5-7H,3-4,8-9H2,1-2H3.